The quantitative estimate of drug-likeness (QED) is 0.813. The number of aromatic nitrogens is 2. The van der Waals surface area contributed by atoms with Crippen molar-refractivity contribution < 1.29 is 9.90 Å². The van der Waals surface area contributed by atoms with Gasteiger partial charge in [0.15, 0.2) is 0 Å². The number of carbonyl (C=O) groups is 1. The summed E-state index contributed by atoms with van der Waals surface area (Å²) in [6, 6.07) is 0. The number of rotatable bonds is 6. The molecular formula is C13H21N3O2. The van der Waals surface area contributed by atoms with E-state index in [1.165, 1.54) is 6.20 Å². The van der Waals surface area contributed by atoms with Crippen LogP contribution in [0.4, 0.5) is 5.82 Å². The number of anilines is 1. The van der Waals surface area contributed by atoms with Gasteiger partial charge in [-0.2, -0.15) is 0 Å². The van der Waals surface area contributed by atoms with Crippen LogP contribution in [0.15, 0.2) is 6.20 Å². The molecule has 1 aromatic rings. The van der Waals surface area contributed by atoms with Gasteiger partial charge in [-0.1, -0.05) is 27.2 Å². The lowest BCUT2D eigenvalue weighted by Crippen LogP contribution is -2.24. The third-order valence-electron chi connectivity index (χ3n) is 2.80. The van der Waals surface area contributed by atoms with Crippen molar-refractivity contribution in [2.75, 3.05) is 11.9 Å². The molecule has 0 saturated heterocycles. The Kier molecular flexibility index (Phi) is 4.64. The first kappa shape index (κ1) is 14.4. The Morgan fingerprint density at radius 2 is 2.17 bits per heavy atom. The SMILES string of the molecule is CCCC(C)(C)CNc1nc(C)ncc1C(=O)O. The maximum atomic E-state index is 11.1. The standard InChI is InChI=1S/C13H21N3O2/c1-5-6-13(3,4)8-15-11-10(12(17)18)7-14-9(2)16-11/h7H,5-6,8H2,1-4H3,(H,17,18)(H,14,15,16). The normalized spacial score (nSPS) is 11.3. The smallest absolute Gasteiger partial charge is 0.341 e. The average molecular weight is 251 g/mol. The highest BCUT2D eigenvalue weighted by Crippen LogP contribution is 2.23. The van der Waals surface area contributed by atoms with Gasteiger partial charge < -0.3 is 10.4 Å². The van der Waals surface area contributed by atoms with Gasteiger partial charge in [0.25, 0.3) is 0 Å². The molecule has 1 heterocycles. The van der Waals surface area contributed by atoms with Crippen LogP contribution in [0.5, 0.6) is 0 Å². The third-order valence-corrected chi connectivity index (χ3v) is 2.80. The molecule has 0 bridgehead atoms. The van der Waals surface area contributed by atoms with Crippen molar-refractivity contribution in [3.63, 3.8) is 0 Å². The topological polar surface area (TPSA) is 75.1 Å². The zero-order valence-electron chi connectivity index (χ0n) is 11.4. The molecule has 0 atom stereocenters. The second-order valence-electron chi connectivity index (χ2n) is 5.25. The van der Waals surface area contributed by atoms with E-state index >= 15 is 0 Å². The van der Waals surface area contributed by atoms with E-state index in [9.17, 15) is 4.79 Å². The second kappa shape index (κ2) is 5.80. The van der Waals surface area contributed by atoms with E-state index in [1.54, 1.807) is 6.92 Å². The number of nitrogens with zero attached hydrogens (tertiary/aromatic N) is 2. The monoisotopic (exact) mass is 251 g/mol. The zero-order valence-corrected chi connectivity index (χ0v) is 11.4. The minimum atomic E-state index is -1.01. The Labute approximate surface area is 108 Å². The Bertz CT molecular complexity index is 430. The summed E-state index contributed by atoms with van der Waals surface area (Å²) >= 11 is 0. The lowest BCUT2D eigenvalue weighted by Gasteiger charge is -2.25. The van der Waals surface area contributed by atoms with Crippen molar-refractivity contribution in [2.24, 2.45) is 5.41 Å². The lowest BCUT2D eigenvalue weighted by molar-refractivity contribution is 0.0697. The van der Waals surface area contributed by atoms with E-state index in [2.05, 4.69) is 36.1 Å². The summed E-state index contributed by atoms with van der Waals surface area (Å²) in [5.41, 5.74) is 0.233. The van der Waals surface area contributed by atoms with E-state index in [0.717, 1.165) is 12.8 Å². The minimum absolute atomic E-state index is 0.114. The van der Waals surface area contributed by atoms with E-state index in [-0.39, 0.29) is 11.0 Å². The summed E-state index contributed by atoms with van der Waals surface area (Å²) in [6.07, 6.45) is 3.52. The van der Waals surface area contributed by atoms with Crippen LogP contribution in [0.2, 0.25) is 0 Å². The van der Waals surface area contributed by atoms with Gasteiger partial charge in [0, 0.05) is 12.7 Å². The van der Waals surface area contributed by atoms with Crippen LogP contribution in [0.1, 0.15) is 49.8 Å². The minimum Gasteiger partial charge on any atom is -0.477 e. The summed E-state index contributed by atoms with van der Waals surface area (Å²) in [5, 5.41) is 12.2. The number of nitrogens with one attached hydrogen (secondary N) is 1. The van der Waals surface area contributed by atoms with Crippen molar-refractivity contribution in [3.05, 3.63) is 17.6 Å². The molecule has 0 amide bonds. The Hall–Kier alpha value is -1.65. The van der Waals surface area contributed by atoms with Crippen LogP contribution in [-0.4, -0.2) is 27.6 Å². The van der Waals surface area contributed by atoms with Crippen molar-refractivity contribution >= 4 is 11.8 Å². The van der Waals surface area contributed by atoms with Crippen molar-refractivity contribution in [2.45, 2.75) is 40.5 Å². The third kappa shape index (κ3) is 3.98. The molecule has 0 radical (unpaired) electrons. The van der Waals surface area contributed by atoms with E-state index in [4.69, 9.17) is 5.11 Å². The number of aromatic carboxylic acids is 1. The molecular weight excluding hydrogens is 230 g/mol. The first-order valence-electron chi connectivity index (χ1n) is 6.16. The van der Waals surface area contributed by atoms with Gasteiger partial charge >= 0.3 is 5.97 Å². The molecule has 5 heteroatoms. The fraction of sp³-hybridized carbons (Fsp3) is 0.615. The fourth-order valence-corrected chi connectivity index (χ4v) is 1.85. The highest BCUT2D eigenvalue weighted by atomic mass is 16.4. The van der Waals surface area contributed by atoms with Crippen LogP contribution >= 0.6 is 0 Å². The number of carboxylic acid groups (broad SMARTS) is 1. The Morgan fingerprint density at radius 3 is 2.72 bits per heavy atom. The molecule has 0 aliphatic heterocycles. The molecule has 0 aliphatic rings. The summed E-state index contributed by atoms with van der Waals surface area (Å²) in [7, 11) is 0. The average Bonchev–Trinajstić information content (AvgIpc) is 2.26. The first-order chi connectivity index (χ1) is 8.35. The molecule has 1 rings (SSSR count). The molecule has 0 aliphatic carbocycles. The number of aryl methyl sites for hydroxylation is 1. The largest absolute Gasteiger partial charge is 0.477 e. The maximum absolute atomic E-state index is 11.1. The van der Waals surface area contributed by atoms with Gasteiger partial charge in [0.1, 0.15) is 17.2 Å². The van der Waals surface area contributed by atoms with E-state index in [1.807, 2.05) is 0 Å². The lowest BCUT2D eigenvalue weighted by atomic mass is 9.88. The molecule has 1 aromatic heterocycles. The van der Waals surface area contributed by atoms with Gasteiger partial charge in [0.2, 0.25) is 0 Å². The van der Waals surface area contributed by atoms with Crippen LogP contribution in [0, 0.1) is 12.3 Å². The van der Waals surface area contributed by atoms with Crippen molar-refractivity contribution in [1.82, 2.24) is 9.97 Å². The summed E-state index contributed by atoms with van der Waals surface area (Å²) in [4.78, 5) is 19.1. The fourth-order valence-electron chi connectivity index (χ4n) is 1.85. The molecule has 2 N–H and O–H groups in total. The molecule has 0 aromatic carbocycles. The highest BCUT2D eigenvalue weighted by Gasteiger charge is 2.19. The number of hydrogen-bond acceptors (Lipinski definition) is 4. The molecule has 0 fully saturated rings. The molecule has 18 heavy (non-hydrogen) atoms. The Morgan fingerprint density at radius 1 is 1.50 bits per heavy atom. The highest BCUT2D eigenvalue weighted by molar-refractivity contribution is 5.92. The first-order valence-corrected chi connectivity index (χ1v) is 6.16. The molecule has 0 unspecified atom stereocenters. The van der Waals surface area contributed by atoms with Crippen molar-refractivity contribution in [3.8, 4) is 0 Å². The summed E-state index contributed by atoms with van der Waals surface area (Å²) in [5.74, 6) is -0.0410. The summed E-state index contributed by atoms with van der Waals surface area (Å²) in [6.45, 7) is 8.88. The molecule has 100 valence electrons. The molecule has 0 saturated carbocycles. The number of hydrogen-bond donors (Lipinski definition) is 2. The predicted molar refractivity (Wildman–Crippen MR) is 70.9 cm³/mol. The van der Waals surface area contributed by atoms with E-state index < -0.39 is 5.97 Å². The van der Waals surface area contributed by atoms with E-state index in [0.29, 0.717) is 18.2 Å². The van der Waals surface area contributed by atoms with Crippen LogP contribution in [0.25, 0.3) is 0 Å². The second-order valence-corrected chi connectivity index (χ2v) is 5.25. The van der Waals surface area contributed by atoms with Gasteiger partial charge in [-0.25, -0.2) is 14.8 Å². The summed E-state index contributed by atoms with van der Waals surface area (Å²) < 4.78 is 0. The molecule has 0 spiro atoms. The molecule has 5 nitrogen and oxygen atoms in total. The predicted octanol–water partition coefficient (Wildman–Crippen LogP) is 2.72. The Balaban J connectivity index is 2.83. The van der Waals surface area contributed by atoms with Crippen molar-refractivity contribution in [1.29, 1.82) is 0 Å². The maximum Gasteiger partial charge on any atom is 0.341 e. The number of carboxylic acids is 1. The van der Waals surface area contributed by atoms with Gasteiger partial charge in [-0.3, -0.25) is 0 Å². The van der Waals surface area contributed by atoms with Crippen LogP contribution in [-0.2, 0) is 0 Å². The zero-order chi connectivity index (χ0) is 13.8. The van der Waals surface area contributed by atoms with Gasteiger partial charge in [-0.05, 0) is 18.8 Å². The van der Waals surface area contributed by atoms with Crippen LogP contribution < -0.4 is 5.32 Å². The van der Waals surface area contributed by atoms with Gasteiger partial charge in [0.05, 0.1) is 0 Å². The van der Waals surface area contributed by atoms with Crippen LogP contribution in [0.3, 0.4) is 0 Å². The van der Waals surface area contributed by atoms with Gasteiger partial charge in [-0.15, -0.1) is 0 Å².